The van der Waals surface area contributed by atoms with E-state index in [1.54, 1.807) is 6.07 Å². The summed E-state index contributed by atoms with van der Waals surface area (Å²) in [7, 11) is 0. The highest BCUT2D eigenvalue weighted by Crippen LogP contribution is 2.23. The molecule has 3 nitrogen and oxygen atoms in total. The Morgan fingerprint density at radius 3 is 2.80 bits per heavy atom. The van der Waals surface area contributed by atoms with E-state index in [2.05, 4.69) is 32.3 Å². The number of nitrogens with one attached hydrogen (secondary N) is 1. The number of anilines is 1. The number of aromatic nitrogens is 1. The summed E-state index contributed by atoms with van der Waals surface area (Å²) in [4.78, 5) is 16.6. The van der Waals surface area contributed by atoms with E-state index in [9.17, 15) is 4.79 Å². The number of benzene rings is 1. The van der Waals surface area contributed by atoms with Crippen LogP contribution in [0.1, 0.15) is 33.6 Å². The van der Waals surface area contributed by atoms with E-state index in [-0.39, 0.29) is 5.91 Å². The van der Waals surface area contributed by atoms with Gasteiger partial charge in [-0.3, -0.25) is 4.79 Å². The lowest BCUT2D eigenvalue weighted by Crippen LogP contribution is -2.13. The molecule has 0 aliphatic heterocycles. The molecule has 1 aliphatic carbocycles. The number of fused-ring (bicyclic) bond motifs is 1. The zero-order valence-corrected chi connectivity index (χ0v) is 12.8. The van der Waals surface area contributed by atoms with Gasteiger partial charge in [0.25, 0.3) is 5.91 Å². The van der Waals surface area contributed by atoms with E-state index < -0.39 is 0 Å². The number of hydrogen-bond donors (Lipinski definition) is 1. The Morgan fingerprint density at radius 2 is 2.00 bits per heavy atom. The molecule has 4 heteroatoms. The van der Waals surface area contributed by atoms with Crippen molar-refractivity contribution in [1.82, 2.24) is 4.98 Å². The van der Waals surface area contributed by atoms with Gasteiger partial charge in [0.05, 0.1) is 5.69 Å². The van der Waals surface area contributed by atoms with Gasteiger partial charge in [0.1, 0.15) is 5.82 Å². The van der Waals surface area contributed by atoms with Crippen LogP contribution >= 0.6 is 15.9 Å². The monoisotopic (exact) mass is 330 g/mol. The standard InChI is InChI=1S/C16H15BrN2O/c1-10-14(17)7-8-15(18-10)19-16(20)13-6-5-11-3-2-4-12(11)9-13/h5-9H,2-4H2,1H3,(H,18,19,20). The first-order chi connectivity index (χ1) is 9.63. The van der Waals surface area contributed by atoms with Crippen molar-refractivity contribution in [2.24, 2.45) is 0 Å². The molecule has 0 bridgehead atoms. The molecule has 20 heavy (non-hydrogen) atoms. The molecule has 0 saturated heterocycles. The van der Waals surface area contributed by atoms with E-state index in [1.807, 2.05) is 25.1 Å². The molecule has 1 aromatic carbocycles. The zero-order valence-electron chi connectivity index (χ0n) is 11.2. The lowest BCUT2D eigenvalue weighted by molar-refractivity contribution is 0.102. The van der Waals surface area contributed by atoms with Gasteiger partial charge in [0, 0.05) is 10.0 Å². The van der Waals surface area contributed by atoms with Gasteiger partial charge in [0.2, 0.25) is 0 Å². The molecule has 0 unspecified atom stereocenters. The van der Waals surface area contributed by atoms with Crippen molar-refractivity contribution in [2.45, 2.75) is 26.2 Å². The predicted octanol–water partition coefficient (Wildman–Crippen LogP) is 3.89. The molecule has 0 saturated carbocycles. The predicted molar refractivity (Wildman–Crippen MR) is 83.1 cm³/mol. The van der Waals surface area contributed by atoms with E-state index >= 15 is 0 Å². The number of amides is 1. The molecule has 1 amide bonds. The smallest absolute Gasteiger partial charge is 0.256 e. The van der Waals surface area contributed by atoms with Crippen LogP contribution in [0.15, 0.2) is 34.8 Å². The summed E-state index contributed by atoms with van der Waals surface area (Å²) in [5, 5.41) is 2.85. The molecule has 1 heterocycles. The van der Waals surface area contributed by atoms with Gasteiger partial charge in [-0.1, -0.05) is 6.07 Å². The highest BCUT2D eigenvalue weighted by atomic mass is 79.9. The molecule has 3 rings (SSSR count). The first kappa shape index (κ1) is 13.3. The number of halogens is 1. The normalized spacial score (nSPS) is 13.1. The summed E-state index contributed by atoms with van der Waals surface area (Å²) in [6, 6.07) is 9.65. The highest BCUT2D eigenvalue weighted by molar-refractivity contribution is 9.10. The van der Waals surface area contributed by atoms with Crippen LogP contribution < -0.4 is 5.32 Å². The molecule has 102 valence electrons. The minimum atomic E-state index is -0.103. The van der Waals surface area contributed by atoms with Crippen LogP contribution in [-0.2, 0) is 12.8 Å². The van der Waals surface area contributed by atoms with Crippen LogP contribution in [-0.4, -0.2) is 10.9 Å². The Kier molecular flexibility index (Phi) is 3.57. The van der Waals surface area contributed by atoms with Crippen LogP contribution in [0.2, 0.25) is 0 Å². The summed E-state index contributed by atoms with van der Waals surface area (Å²) in [6.07, 6.45) is 3.39. The maximum Gasteiger partial charge on any atom is 0.256 e. The number of rotatable bonds is 2. The third kappa shape index (κ3) is 2.61. The molecule has 2 aromatic rings. The Bertz CT molecular complexity index is 682. The quantitative estimate of drug-likeness (QED) is 0.907. The average Bonchev–Trinajstić information content (AvgIpc) is 2.90. The number of nitrogens with zero attached hydrogens (tertiary/aromatic N) is 1. The first-order valence-corrected chi connectivity index (χ1v) is 7.49. The Balaban J connectivity index is 1.80. The van der Waals surface area contributed by atoms with Crippen LogP contribution in [0.5, 0.6) is 0 Å². The Hall–Kier alpha value is -1.68. The zero-order chi connectivity index (χ0) is 14.1. The lowest BCUT2D eigenvalue weighted by atomic mass is 10.1. The maximum atomic E-state index is 12.2. The van der Waals surface area contributed by atoms with Crippen LogP contribution in [0.25, 0.3) is 0 Å². The van der Waals surface area contributed by atoms with E-state index in [0.29, 0.717) is 11.4 Å². The van der Waals surface area contributed by atoms with Gasteiger partial charge in [-0.25, -0.2) is 4.98 Å². The lowest BCUT2D eigenvalue weighted by Gasteiger charge is -2.07. The Morgan fingerprint density at radius 1 is 1.20 bits per heavy atom. The van der Waals surface area contributed by atoms with Crippen molar-refractivity contribution < 1.29 is 4.79 Å². The fraction of sp³-hybridized carbons (Fsp3) is 0.250. The number of aryl methyl sites for hydroxylation is 3. The summed E-state index contributed by atoms with van der Waals surface area (Å²) >= 11 is 3.40. The second-order valence-corrected chi connectivity index (χ2v) is 5.91. The second-order valence-electron chi connectivity index (χ2n) is 5.05. The molecule has 1 aliphatic rings. The van der Waals surface area contributed by atoms with Gasteiger partial charge >= 0.3 is 0 Å². The van der Waals surface area contributed by atoms with Gasteiger partial charge in [-0.15, -0.1) is 0 Å². The van der Waals surface area contributed by atoms with Gasteiger partial charge in [-0.2, -0.15) is 0 Å². The SMILES string of the molecule is Cc1nc(NC(=O)c2ccc3c(c2)CCC3)ccc1Br. The minimum Gasteiger partial charge on any atom is -0.307 e. The van der Waals surface area contributed by atoms with Gasteiger partial charge in [-0.05, 0) is 77.5 Å². The molecule has 0 fully saturated rings. The largest absolute Gasteiger partial charge is 0.307 e. The van der Waals surface area contributed by atoms with Gasteiger partial charge in [0.15, 0.2) is 0 Å². The molecule has 1 aromatic heterocycles. The van der Waals surface area contributed by atoms with Crippen molar-refractivity contribution in [3.63, 3.8) is 0 Å². The summed E-state index contributed by atoms with van der Waals surface area (Å²) in [6.45, 7) is 1.90. The van der Waals surface area contributed by atoms with Crippen molar-refractivity contribution in [3.05, 3.63) is 57.2 Å². The third-order valence-electron chi connectivity index (χ3n) is 3.62. The number of hydrogen-bond acceptors (Lipinski definition) is 2. The van der Waals surface area contributed by atoms with Crippen LogP contribution in [0, 0.1) is 6.92 Å². The fourth-order valence-corrected chi connectivity index (χ4v) is 2.74. The average molecular weight is 331 g/mol. The molecule has 0 spiro atoms. The topological polar surface area (TPSA) is 42.0 Å². The van der Waals surface area contributed by atoms with Crippen LogP contribution in [0.4, 0.5) is 5.82 Å². The number of carbonyl (C=O) groups is 1. The third-order valence-corrected chi connectivity index (χ3v) is 4.46. The first-order valence-electron chi connectivity index (χ1n) is 6.70. The second kappa shape index (κ2) is 5.37. The molecule has 0 atom stereocenters. The maximum absolute atomic E-state index is 12.2. The number of pyridine rings is 1. The van der Waals surface area contributed by atoms with Crippen molar-refractivity contribution in [3.8, 4) is 0 Å². The van der Waals surface area contributed by atoms with E-state index in [0.717, 1.165) is 23.0 Å². The summed E-state index contributed by atoms with van der Waals surface area (Å²) in [5.74, 6) is 0.477. The van der Waals surface area contributed by atoms with E-state index in [1.165, 1.54) is 17.5 Å². The van der Waals surface area contributed by atoms with Crippen molar-refractivity contribution in [2.75, 3.05) is 5.32 Å². The summed E-state index contributed by atoms with van der Waals surface area (Å²) < 4.78 is 0.938. The molecule has 0 radical (unpaired) electrons. The highest BCUT2D eigenvalue weighted by Gasteiger charge is 2.14. The van der Waals surface area contributed by atoms with Crippen molar-refractivity contribution >= 4 is 27.7 Å². The molecular weight excluding hydrogens is 316 g/mol. The van der Waals surface area contributed by atoms with E-state index in [4.69, 9.17) is 0 Å². The van der Waals surface area contributed by atoms with Crippen molar-refractivity contribution in [1.29, 1.82) is 0 Å². The summed E-state index contributed by atoms with van der Waals surface area (Å²) in [5.41, 5.74) is 4.24. The molecule has 1 N–H and O–H groups in total. The fourth-order valence-electron chi connectivity index (χ4n) is 2.52. The van der Waals surface area contributed by atoms with Gasteiger partial charge < -0.3 is 5.32 Å². The Labute approximate surface area is 126 Å². The molecular formula is C16H15BrN2O. The number of carbonyl (C=O) groups excluding carboxylic acids is 1. The van der Waals surface area contributed by atoms with Crippen LogP contribution in [0.3, 0.4) is 0 Å². The minimum absolute atomic E-state index is 0.103.